The van der Waals surface area contributed by atoms with Gasteiger partial charge < -0.3 is 14.2 Å². The van der Waals surface area contributed by atoms with Crippen molar-refractivity contribution in [2.45, 2.75) is 45.6 Å². The van der Waals surface area contributed by atoms with Gasteiger partial charge in [0.15, 0.2) is 0 Å². The second kappa shape index (κ2) is 14.0. The average molecular weight is 509 g/mol. The molecule has 0 N–H and O–H groups in total. The first-order chi connectivity index (χ1) is 18.7. The first-order valence-electron chi connectivity index (χ1n) is 13.3. The lowest BCUT2D eigenvalue weighted by molar-refractivity contribution is 0.0600. The third kappa shape index (κ3) is 7.72. The quantitative estimate of drug-likeness (QED) is 0.221. The van der Waals surface area contributed by atoms with Gasteiger partial charge >= 0.3 is 5.97 Å². The number of carbonyl (C=O) groups excluding carboxylic acids is 1. The molecule has 0 bridgehead atoms. The van der Waals surface area contributed by atoms with E-state index in [4.69, 9.17) is 9.47 Å². The smallest absolute Gasteiger partial charge is 0.337 e. The van der Waals surface area contributed by atoms with Gasteiger partial charge in [-0.15, -0.1) is 0 Å². The predicted molar refractivity (Wildman–Crippen MR) is 152 cm³/mol. The van der Waals surface area contributed by atoms with E-state index in [1.54, 1.807) is 12.1 Å². The summed E-state index contributed by atoms with van der Waals surface area (Å²) in [4.78, 5) is 11.1. The monoisotopic (exact) mass is 508 g/mol. The van der Waals surface area contributed by atoms with Crippen LogP contribution in [-0.2, 0) is 37.0 Å². The highest BCUT2D eigenvalue weighted by Gasteiger charge is 2.14. The predicted octanol–water partition coefficient (Wildman–Crippen LogP) is 7.41. The van der Waals surface area contributed by atoms with Crippen LogP contribution in [0, 0.1) is 0 Å². The molecule has 1 aliphatic heterocycles. The zero-order valence-electron chi connectivity index (χ0n) is 22.3. The molecule has 1 aliphatic rings. The minimum Gasteiger partial charge on any atom is -0.493 e. The Hall–Kier alpha value is -4.05. The molecular weight excluding hydrogens is 472 g/mol. The number of aryl methyl sites for hydroxylation is 3. The minimum atomic E-state index is -0.321. The standard InChI is InChI=1S/C24H26O.C10H10O3/c1-2-8-23-11-6-7-12-24(23)25-19-22-17-15-21(16-18-22)14-13-20-9-4-3-5-10-20;1-12-10(11)8-3-2-7-4-5-13-9(7)6-8/h3-7,9-12,15-18H,2,8,13-14,19H2,1H3;2-3,6H,4-5H2,1H3. The largest absolute Gasteiger partial charge is 0.493 e. The topological polar surface area (TPSA) is 44.8 Å². The molecule has 4 heteroatoms. The van der Waals surface area contributed by atoms with E-state index in [0.29, 0.717) is 18.8 Å². The van der Waals surface area contributed by atoms with Crippen LogP contribution in [0.1, 0.15) is 51.5 Å². The van der Waals surface area contributed by atoms with Gasteiger partial charge in [-0.1, -0.05) is 92.2 Å². The Morgan fingerprint density at radius 1 is 0.789 bits per heavy atom. The summed E-state index contributed by atoms with van der Waals surface area (Å²) in [5.74, 6) is 1.50. The molecule has 196 valence electrons. The molecule has 4 aromatic rings. The van der Waals surface area contributed by atoms with Gasteiger partial charge in [-0.25, -0.2) is 4.79 Å². The lowest BCUT2D eigenvalue weighted by Gasteiger charge is -2.11. The van der Waals surface area contributed by atoms with E-state index in [2.05, 4.69) is 84.5 Å². The zero-order chi connectivity index (χ0) is 26.6. The van der Waals surface area contributed by atoms with Crippen molar-refractivity contribution >= 4 is 5.97 Å². The number of rotatable bonds is 9. The molecule has 0 unspecified atom stereocenters. The lowest BCUT2D eigenvalue weighted by atomic mass is 10.0. The Balaban J connectivity index is 0.000000216. The third-order valence-electron chi connectivity index (χ3n) is 6.57. The second-order valence-corrected chi connectivity index (χ2v) is 9.36. The molecule has 0 spiro atoms. The van der Waals surface area contributed by atoms with E-state index >= 15 is 0 Å². The van der Waals surface area contributed by atoms with E-state index in [9.17, 15) is 4.79 Å². The summed E-state index contributed by atoms with van der Waals surface area (Å²) in [5.41, 5.74) is 6.98. The molecule has 0 saturated carbocycles. The number of esters is 1. The summed E-state index contributed by atoms with van der Waals surface area (Å²) in [6.45, 7) is 3.53. The van der Waals surface area contributed by atoms with Crippen molar-refractivity contribution in [3.63, 3.8) is 0 Å². The van der Waals surface area contributed by atoms with Crippen molar-refractivity contribution in [2.24, 2.45) is 0 Å². The van der Waals surface area contributed by atoms with Crippen LogP contribution in [0.3, 0.4) is 0 Å². The van der Waals surface area contributed by atoms with E-state index < -0.39 is 0 Å². The second-order valence-electron chi connectivity index (χ2n) is 9.36. The lowest BCUT2D eigenvalue weighted by Crippen LogP contribution is -2.00. The molecule has 0 aromatic heterocycles. The third-order valence-corrected chi connectivity index (χ3v) is 6.57. The van der Waals surface area contributed by atoms with Crippen LogP contribution in [0.25, 0.3) is 0 Å². The van der Waals surface area contributed by atoms with Crippen molar-refractivity contribution < 1.29 is 19.0 Å². The first-order valence-corrected chi connectivity index (χ1v) is 13.3. The Bertz CT molecular complexity index is 1300. The molecule has 0 atom stereocenters. The number of hydrogen-bond donors (Lipinski definition) is 0. The summed E-state index contributed by atoms with van der Waals surface area (Å²) in [6.07, 6.45) is 5.29. The molecule has 4 nitrogen and oxygen atoms in total. The molecule has 0 aliphatic carbocycles. The molecule has 4 aromatic carbocycles. The van der Waals surface area contributed by atoms with E-state index in [1.165, 1.54) is 29.4 Å². The van der Waals surface area contributed by atoms with Crippen molar-refractivity contribution in [3.8, 4) is 11.5 Å². The highest BCUT2D eigenvalue weighted by atomic mass is 16.5. The Morgan fingerprint density at radius 2 is 1.47 bits per heavy atom. The molecule has 0 fully saturated rings. The van der Waals surface area contributed by atoms with Gasteiger partial charge in [0.25, 0.3) is 0 Å². The number of benzene rings is 4. The fourth-order valence-corrected chi connectivity index (χ4v) is 4.43. The maximum atomic E-state index is 11.1. The number of fused-ring (bicyclic) bond motifs is 1. The van der Waals surface area contributed by atoms with Crippen LogP contribution in [0.2, 0.25) is 0 Å². The van der Waals surface area contributed by atoms with Gasteiger partial charge in [-0.05, 0) is 65.3 Å². The summed E-state index contributed by atoms with van der Waals surface area (Å²) < 4.78 is 16.0. The molecule has 0 amide bonds. The van der Waals surface area contributed by atoms with E-state index in [0.717, 1.165) is 49.2 Å². The number of hydrogen-bond acceptors (Lipinski definition) is 4. The maximum absolute atomic E-state index is 11.1. The highest BCUT2D eigenvalue weighted by molar-refractivity contribution is 5.90. The van der Waals surface area contributed by atoms with Gasteiger partial charge in [0, 0.05) is 6.42 Å². The fourth-order valence-electron chi connectivity index (χ4n) is 4.43. The van der Waals surface area contributed by atoms with Crippen molar-refractivity contribution in [2.75, 3.05) is 13.7 Å². The summed E-state index contributed by atoms with van der Waals surface area (Å²) in [6, 6.07) is 33.2. The Morgan fingerprint density at radius 3 is 2.21 bits per heavy atom. The van der Waals surface area contributed by atoms with Gasteiger partial charge in [0.2, 0.25) is 0 Å². The zero-order valence-corrected chi connectivity index (χ0v) is 22.3. The molecule has 1 heterocycles. The number of methoxy groups -OCH3 is 1. The Labute approximate surface area is 226 Å². The van der Waals surface area contributed by atoms with Crippen LogP contribution in [0.15, 0.2) is 97.1 Å². The highest BCUT2D eigenvalue weighted by Crippen LogP contribution is 2.26. The normalized spacial score (nSPS) is 11.5. The van der Waals surface area contributed by atoms with Gasteiger partial charge in [-0.2, -0.15) is 0 Å². The van der Waals surface area contributed by atoms with Gasteiger partial charge in [0.05, 0.1) is 19.3 Å². The minimum absolute atomic E-state index is 0.321. The van der Waals surface area contributed by atoms with Gasteiger partial charge in [-0.3, -0.25) is 0 Å². The van der Waals surface area contributed by atoms with Crippen LogP contribution in [0.4, 0.5) is 0 Å². The van der Waals surface area contributed by atoms with Crippen molar-refractivity contribution in [1.29, 1.82) is 0 Å². The molecule has 0 radical (unpaired) electrons. The number of para-hydroxylation sites is 1. The first kappa shape index (κ1) is 27.0. The van der Waals surface area contributed by atoms with Crippen LogP contribution < -0.4 is 9.47 Å². The van der Waals surface area contributed by atoms with Crippen LogP contribution >= 0.6 is 0 Å². The summed E-state index contributed by atoms with van der Waals surface area (Å²) in [5, 5.41) is 0. The average Bonchev–Trinajstić information content (AvgIpc) is 3.45. The molecular formula is C34H36O4. The molecule has 38 heavy (non-hydrogen) atoms. The summed E-state index contributed by atoms with van der Waals surface area (Å²) in [7, 11) is 1.37. The van der Waals surface area contributed by atoms with E-state index in [-0.39, 0.29) is 5.97 Å². The van der Waals surface area contributed by atoms with Crippen LogP contribution in [0.5, 0.6) is 11.5 Å². The fraction of sp³-hybridized carbons (Fsp3) is 0.265. The number of carbonyl (C=O) groups is 1. The molecule has 5 rings (SSSR count). The summed E-state index contributed by atoms with van der Waals surface area (Å²) >= 11 is 0. The Kier molecular flexibility index (Phi) is 9.97. The van der Waals surface area contributed by atoms with Crippen molar-refractivity contribution in [1.82, 2.24) is 0 Å². The number of ether oxygens (including phenoxy) is 3. The van der Waals surface area contributed by atoms with Gasteiger partial charge in [0.1, 0.15) is 18.1 Å². The maximum Gasteiger partial charge on any atom is 0.337 e. The van der Waals surface area contributed by atoms with Crippen molar-refractivity contribution in [3.05, 3.63) is 130 Å². The van der Waals surface area contributed by atoms with Crippen LogP contribution in [-0.4, -0.2) is 19.7 Å². The molecule has 0 saturated heterocycles. The SMILES string of the molecule is CCCc1ccccc1OCc1ccc(CCc2ccccc2)cc1.COC(=O)c1ccc2c(c1)OCC2. The van der Waals surface area contributed by atoms with E-state index in [1.807, 2.05) is 12.1 Å².